The smallest absolute Gasteiger partial charge is 0.288 e. The highest BCUT2D eigenvalue weighted by atomic mass is 32.2. The number of anilines is 1. The van der Waals surface area contributed by atoms with E-state index in [9.17, 15) is 14.9 Å². The van der Waals surface area contributed by atoms with Gasteiger partial charge in [0.05, 0.1) is 10.7 Å². The van der Waals surface area contributed by atoms with E-state index in [0.717, 1.165) is 6.20 Å². The van der Waals surface area contributed by atoms with Crippen molar-refractivity contribution in [1.82, 2.24) is 4.98 Å². The van der Waals surface area contributed by atoms with E-state index >= 15 is 0 Å². The van der Waals surface area contributed by atoms with Crippen molar-refractivity contribution in [3.8, 4) is 11.6 Å². The molecule has 2 aromatic rings. The first-order chi connectivity index (χ1) is 11.0. The Labute approximate surface area is 137 Å². The molecule has 23 heavy (non-hydrogen) atoms. The quantitative estimate of drug-likeness (QED) is 0.643. The molecule has 1 heterocycles. The van der Waals surface area contributed by atoms with Crippen LogP contribution in [-0.2, 0) is 4.79 Å². The number of nitrogens with zero attached hydrogens (tertiary/aromatic N) is 2. The fourth-order valence-corrected chi connectivity index (χ4v) is 2.13. The summed E-state index contributed by atoms with van der Waals surface area (Å²) in [4.78, 5) is 25.6. The Balaban J connectivity index is 2.06. The van der Waals surface area contributed by atoms with Crippen LogP contribution in [0.2, 0.25) is 0 Å². The van der Waals surface area contributed by atoms with Gasteiger partial charge in [0.1, 0.15) is 11.9 Å². The highest BCUT2D eigenvalue weighted by Crippen LogP contribution is 2.26. The van der Waals surface area contributed by atoms with Crippen LogP contribution in [0.15, 0.2) is 36.5 Å². The van der Waals surface area contributed by atoms with E-state index in [1.807, 2.05) is 6.26 Å². The van der Waals surface area contributed by atoms with Gasteiger partial charge in [0, 0.05) is 17.3 Å². The molecule has 0 spiro atoms. The van der Waals surface area contributed by atoms with Gasteiger partial charge in [-0.3, -0.25) is 14.9 Å². The van der Waals surface area contributed by atoms with E-state index in [2.05, 4.69) is 10.3 Å². The normalized spacial score (nSPS) is 10.2. The third-order valence-electron chi connectivity index (χ3n) is 2.85. The second kappa shape index (κ2) is 7.59. The molecule has 0 aliphatic carbocycles. The van der Waals surface area contributed by atoms with E-state index in [1.165, 1.54) is 17.8 Å². The van der Waals surface area contributed by atoms with Crippen LogP contribution in [0.3, 0.4) is 0 Å². The summed E-state index contributed by atoms with van der Waals surface area (Å²) in [5, 5.41) is 13.4. The van der Waals surface area contributed by atoms with E-state index in [-0.39, 0.29) is 11.6 Å². The maximum atomic E-state index is 11.5. The maximum absolute atomic E-state index is 11.5. The molecule has 0 unspecified atom stereocenters. The van der Waals surface area contributed by atoms with Crippen molar-refractivity contribution in [2.24, 2.45) is 0 Å². The minimum Gasteiger partial charge on any atom is -0.439 e. The summed E-state index contributed by atoms with van der Waals surface area (Å²) in [6, 6.07) is 8.22. The number of thioether (sulfide) groups is 1. The van der Waals surface area contributed by atoms with Crippen LogP contribution in [0.5, 0.6) is 11.6 Å². The van der Waals surface area contributed by atoms with Gasteiger partial charge in [0.15, 0.2) is 0 Å². The fourth-order valence-electron chi connectivity index (χ4n) is 1.80. The second-order valence-electron chi connectivity index (χ2n) is 4.68. The van der Waals surface area contributed by atoms with Crippen molar-refractivity contribution in [2.75, 3.05) is 17.3 Å². The first-order valence-electron chi connectivity index (χ1n) is 6.67. The number of hydrogen-bond acceptors (Lipinski definition) is 6. The number of benzene rings is 1. The summed E-state index contributed by atoms with van der Waals surface area (Å²) in [6.07, 6.45) is 3.01. The Kier molecular flexibility index (Phi) is 5.53. The third-order valence-corrected chi connectivity index (χ3v) is 3.41. The van der Waals surface area contributed by atoms with Crippen LogP contribution in [0, 0.1) is 17.0 Å². The van der Waals surface area contributed by atoms with Crippen molar-refractivity contribution in [2.45, 2.75) is 6.92 Å². The number of carbonyl (C=O) groups is 1. The summed E-state index contributed by atoms with van der Waals surface area (Å²) < 4.78 is 5.60. The monoisotopic (exact) mass is 333 g/mol. The number of nitrogens with one attached hydrogen (secondary N) is 1. The molecule has 0 saturated carbocycles. The Morgan fingerprint density at radius 1 is 1.39 bits per heavy atom. The molecule has 1 amide bonds. The van der Waals surface area contributed by atoms with Gasteiger partial charge in [-0.1, -0.05) is 0 Å². The molecule has 0 aliphatic rings. The number of amides is 1. The number of ether oxygens (including phenoxy) is 1. The first kappa shape index (κ1) is 16.8. The lowest BCUT2D eigenvalue weighted by molar-refractivity contribution is -0.385. The minimum absolute atomic E-state index is 0.0703. The van der Waals surface area contributed by atoms with Gasteiger partial charge >= 0.3 is 0 Å². The van der Waals surface area contributed by atoms with E-state index < -0.39 is 4.92 Å². The van der Waals surface area contributed by atoms with Gasteiger partial charge in [0.25, 0.3) is 5.69 Å². The average molecular weight is 333 g/mol. The largest absolute Gasteiger partial charge is 0.439 e. The summed E-state index contributed by atoms with van der Waals surface area (Å²) in [7, 11) is 0. The molecule has 0 atom stereocenters. The van der Waals surface area contributed by atoms with E-state index in [0.29, 0.717) is 28.6 Å². The molecule has 0 saturated heterocycles. The zero-order valence-corrected chi connectivity index (χ0v) is 13.4. The number of carbonyl (C=O) groups excluding carboxylic acids is 1. The highest BCUT2D eigenvalue weighted by Gasteiger charge is 2.11. The number of aryl methyl sites for hydroxylation is 1. The van der Waals surface area contributed by atoms with Crippen LogP contribution in [0.1, 0.15) is 5.56 Å². The number of pyridine rings is 1. The van der Waals surface area contributed by atoms with Crippen molar-refractivity contribution < 1.29 is 14.5 Å². The van der Waals surface area contributed by atoms with Gasteiger partial charge in [-0.05, 0) is 37.4 Å². The molecule has 0 radical (unpaired) electrons. The zero-order chi connectivity index (χ0) is 16.8. The van der Waals surface area contributed by atoms with Crippen molar-refractivity contribution >= 4 is 29.0 Å². The van der Waals surface area contributed by atoms with Gasteiger partial charge in [-0.15, -0.1) is 0 Å². The Bertz CT molecular complexity index is 719. The third kappa shape index (κ3) is 4.68. The predicted molar refractivity (Wildman–Crippen MR) is 89.2 cm³/mol. The summed E-state index contributed by atoms with van der Waals surface area (Å²) in [5.41, 5.74) is 1.16. The van der Waals surface area contributed by atoms with Crippen LogP contribution in [0.4, 0.5) is 11.4 Å². The number of rotatable bonds is 6. The Morgan fingerprint density at radius 2 is 2.09 bits per heavy atom. The molecule has 8 heteroatoms. The lowest BCUT2D eigenvalue weighted by atomic mass is 10.2. The number of aromatic nitrogens is 1. The highest BCUT2D eigenvalue weighted by molar-refractivity contribution is 7.99. The van der Waals surface area contributed by atoms with Crippen LogP contribution < -0.4 is 10.1 Å². The number of nitro groups is 1. The van der Waals surface area contributed by atoms with Crippen molar-refractivity contribution in [1.29, 1.82) is 0 Å². The van der Waals surface area contributed by atoms with Crippen LogP contribution in [0.25, 0.3) is 0 Å². The maximum Gasteiger partial charge on any atom is 0.288 e. The average Bonchev–Trinajstić information content (AvgIpc) is 2.51. The van der Waals surface area contributed by atoms with Crippen molar-refractivity contribution in [3.05, 3.63) is 52.2 Å². The second-order valence-corrected chi connectivity index (χ2v) is 5.55. The molecule has 120 valence electrons. The molecule has 0 fully saturated rings. The molecule has 1 aromatic heterocycles. The zero-order valence-electron chi connectivity index (χ0n) is 12.6. The van der Waals surface area contributed by atoms with Crippen molar-refractivity contribution in [3.63, 3.8) is 0 Å². The standard InChI is InChI=1S/C15H15N3O4S/c1-10-7-12(18(20)21)8-16-15(10)22-13-5-3-11(4-6-13)17-14(19)9-23-2/h3-8H,9H2,1-2H3,(H,17,19). The van der Waals surface area contributed by atoms with Crippen LogP contribution >= 0.6 is 11.8 Å². The van der Waals surface area contributed by atoms with Gasteiger partial charge in [-0.2, -0.15) is 11.8 Å². The summed E-state index contributed by atoms with van der Waals surface area (Å²) in [6.45, 7) is 1.69. The predicted octanol–water partition coefficient (Wildman–Crippen LogP) is 3.39. The molecule has 0 aliphatic heterocycles. The lowest BCUT2D eigenvalue weighted by Gasteiger charge is -2.08. The lowest BCUT2D eigenvalue weighted by Crippen LogP contribution is -2.13. The fraction of sp³-hybridized carbons (Fsp3) is 0.200. The topological polar surface area (TPSA) is 94.4 Å². The SMILES string of the molecule is CSCC(=O)Nc1ccc(Oc2ncc([N+](=O)[O-])cc2C)cc1. The molecule has 0 bridgehead atoms. The Hall–Kier alpha value is -2.61. The molecular weight excluding hydrogens is 318 g/mol. The minimum atomic E-state index is -0.504. The number of hydrogen-bond donors (Lipinski definition) is 1. The van der Waals surface area contributed by atoms with Crippen LogP contribution in [-0.4, -0.2) is 27.8 Å². The van der Waals surface area contributed by atoms with Gasteiger partial charge in [0.2, 0.25) is 11.8 Å². The molecular formula is C15H15N3O4S. The molecule has 2 rings (SSSR count). The molecule has 7 nitrogen and oxygen atoms in total. The first-order valence-corrected chi connectivity index (χ1v) is 8.06. The molecule has 1 N–H and O–H groups in total. The van der Waals surface area contributed by atoms with E-state index in [1.54, 1.807) is 31.2 Å². The van der Waals surface area contributed by atoms with E-state index in [4.69, 9.17) is 4.74 Å². The summed E-state index contributed by atoms with van der Waals surface area (Å²) >= 11 is 1.45. The summed E-state index contributed by atoms with van der Waals surface area (Å²) in [5.74, 6) is 1.15. The Morgan fingerprint density at radius 3 is 2.65 bits per heavy atom. The molecule has 1 aromatic carbocycles. The van der Waals surface area contributed by atoms with Gasteiger partial charge in [-0.25, -0.2) is 4.98 Å². The van der Waals surface area contributed by atoms with Gasteiger partial charge < -0.3 is 10.1 Å².